The maximum Gasteiger partial charge on any atom is 0.306 e. The molecule has 0 amide bonds. The summed E-state index contributed by atoms with van der Waals surface area (Å²) >= 11 is 5.82. The number of Topliss-reactive ketones (excluding diaryl/α,β-unsaturated/α-hetero) is 1. The van der Waals surface area contributed by atoms with Crippen LogP contribution in [0.15, 0.2) is 52.9 Å². The minimum Gasteiger partial charge on any atom is -0.456 e. The van der Waals surface area contributed by atoms with Crippen LogP contribution in [0.5, 0.6) is 0 Å². The van der Waals surface area contributed by atoms with Gasteiger partial charge in [-0.05, 0) is 48.5 Å². The minimum atomic E-state index is -0.572. The van der Waals surface area contributed by atoms with E-state index in [1.165, 1.54) is 24.3 Å². The first-order chi connectivity index (χ1) is 13.0. The van der Waals surface area contributed by atoms with Crippen LogP contribution in [0.1, 0.15) is 29.1 Å². The van der Waals surface area contributed by atoms with Crippen LogP contribution in [0.25, 0.3) is 11.5 Å². The van der Waals surface area contributed by atoms with Gasteiger partial charge in [0.05, 0.1) is 6.42 Å². The Morgan fingerprint density at radius 3 is 2.41 bits per heavy atom. The van der Waals surface area contributed by atoms with Crippen molar-refractivity contribution in [3.8, 4) is 11.5 Å². The van der Waals surface area contributed by atoms with E-state index < -0.39 is 11.8 Å². The monoisotopic (exact) mass is 388 g/mol. The summed E-state index contributed by atoms with van der Waals surface area (Å²) in [5, 5.41) is 8.27. The standard InChI is InChI=1S/C19H14ClFN2O4/c20-14-5-1-13(2-6-14)19-23-22-17(27-19)11-26-18(25)10-9-16(24)12-3-7-15(21)8-4-12/h1-8H,9-11H2. The Kier molecular flexibility index (Phi) is 5.93. The van der Waals surface area contributed by atoms with Gasteiger partial charge in [0.2, 0.25) is 5.89 Å². The lowest BCUT2D eigenvalue weighted by Gasteiger charge is -2.02. The average Bonchev–Trinajstić information content (AvgIpc) is 3.14. The molecule has 0 radical (unpaired) electrons. The molecule has 0 aliphatic carbocycles. The lowest BCUT2D eigenvalue weighted by molar-refractivity contribution is -0.145. The van der Waals surface area contributed by atoms with Crippen molar-refractivity contribution in [2.75, 3.05) is 0 Å². The fourth-order valence-corrected chi connectivity index (χ4v) is 2.36. The summed E-state index contributed by atoms with van der Waals surface area (Å²) in [6.45, 7) is -0.190. The summed E-state index contributed by atoms with van der Waals surface area (Å²) in [5.74, 6) is -0.850. The molecule has 0 aliphatic heterocycles. The maximum atomic E-state index is 12.8. The van der Waals surface area contributed by atoms with Crippen molar-refractivity contribution in [3.63, 3.8) is 0 Å². The van der Waals surface area contributed by atoms with Gasteiger partial charge in [-0.1, -0.05) is 11.6 Å². The summed E-state index contributed by atoms with van der Waals surface area (Å²) in [6, 6.07) is 12.0. The van der Waals surface area contributed by atoms with Gasteiger partial charge in [-0.25, -0.2) is 4.39 Å². The van der Waals surface area contributed by atoms with Crippen LogP contribution in [0.2, 0.25) is 5.02 Å². The van der Waals surface area contributed by atoms with Crippen molar-refractivity contribution in [2.24, 2.45) is 0 Å². The molecule has 0 saturated heterocycles. The van der Waals surface area contributed by atoms with E-state index in [1.54, 1.807) is 24.3 Å². The van der Waals surface area contributed by atoms with Crippen molar-refractivity contribution in [3.05, 3.63) is 70.8 Å². The second-order valence-corrected chi connectivity index (χ2v) is 6.04. The second-order valence-electron chi connectivity index (χ2n) is 5.60. The van der Waals surface area contributed by atoms with E-state index in [0.29, 0.717) is 16.1 Å². The zero-order valence-corrected chi connectivity index (χ0v) is 14.8. The van der Waals surface area contributed by atoms with E-state index in [0.717, 1.165) is 0 Å². The Labute approximate surface area is 158 Å². The molecule has 2 aromatic carbocycles. The van der Waals surface area contributed by atoms with E-state index in [4.69, 9.17) is 20.8 Å². The summed E-state index contributed by atoms with van der Waals surface area (Å²) < 4.78 is 23.3. The molecule has 0 aliphatic rings. The minimum absolute atomic E-state index is 0.0374. The highest BCUT2D eigenvalue weighted by Crippen LogP contribution is 2.20. The van der Waals surface area contributed by atoms with Gasteiger partial charge in [0.1, 0.15) is 5.82 Å². The number of ether oxygens (including phenoxy) is 1. The fourth-order valence-electron chi connectivity index (χ4n) is 2.23. The molecule has 3 aromatic rings. The average molecular weight is 389 g/mol. The van der Waals surface area contributed by atoms with Gasteiger partial charge in [0, 0.05) is 22.6 Å². The molecular formula is C19H14ClFN2O4. The predicted octanol–water partition coefficient (Wildman–Crippen LogP) is 4.24. The number of benzene rings is 2. The van der Waals surface area contributed by atoms with Crippen LogP contribution in [0.3, 0.4) is 0 Å². The van der Waals surface area contributed by atoms with Crippen LogP contribution >= 0.6 is 11.6 Å². The van der Waals surface area contributed by atoms with Crippen LogP contribution < -0.4 is 0 Å². The topological polar surface area (TPSA) is 82.3 Å². The highest BCUT2D eigenvalue weighted by Gasteiger charge is 2.13. The molecule has 0 atom stereocenters. The smallest absolute Gasteiger partial charge is 0.306 e. The lowest BCUT2D eigenvalue weighted by atomic mass is 10.1. The Bertz CT molecular complexity index is 939. The number of esters is 1. The van der Waals surface area contributed by atoms with Gasteiger partial charge in [0.25, 0.3) is 5.89 Å². The Morgan fingerprint density at radius 2 is 1.70 bits per heavy atom. The first-order valence-corrected chi connectivity index (χ1v) is 8.42. The van der Waals surface area contributed by atoms with Crippen LogP contribution in [0, 0.1) is 5.82 Å². The lowest BCUT2D eigenvalue weighted by Crippen LogP contribution is -2.08. The third-order valence-corrected chi connectivity index (χ3v) is 3.89. The number of aromatic nitrogens is 2. The number of rotatable bonds is 7. The van der Waals surface area contributed by atoms with Gasteiger partial charge in [-0.3, -0.25) is 9.59 Å². The zero-order valence-electron chi connectivity index (χ0n) is 14.0. The van der Waals surface area contributed by atoms with Crippen molar-refractivity contribution in [1.82, 2.24) is 10.2 Å². The molecule has 0 spiro atoms. The number of halogens is 2. The molecule has 0 bridgehead atoms. The summed E-state index contributed by atoms with van der Waals surface area (Å²) in [7, 11) is 0. The Balaban J connectivity index is 1.47. The quantitative estimate of drug-likeness (QED) is 0.445. The Morgan fingerprint density at radius 1 is 1.00 bits per heavy atom. The highest BCUT2D eigenvalue weighted by molar-refractivity contribution is 6.30. The SMILES string of the molecule is O=C(CCC(=O)c1ccc(F)cc1)OCc1nnc(-c2ccc(Cl)cc2)o1. The molecule has 0 N–H and O–H groups in total. The molecule has 27 heavy (non-hydrogen) atoms. The van der Waals surface area contributed by atoms with E-state index in [2.05, 4.69) is 10.2 Å². The number of ketones is 1. The normalized spacial score (nSPS) is 10.6. The van der Waals surface area contributed by atoms with Gasteiger partial charge in [-0.2, -0.15) is 0 Å². The van der Waals surface area contributed by atoms with Crippen LogP contribution in [-0.2, 0) is 16.1 Å². The second kappa shape index (κ2) is 8.55. The van der Waals surface area contributed by atoms with Gasteiger partial charge < -0.3 is 9.15 Å². The van der Waals surface area contributed by atoms with Gasteiger partial charge >= 0.3 is 5.97 Å². The summed E-state index contributed by atoms with van der Waals surface area (Å²) in [4.78, 5) is 23.7. The molecule has 1 heterocycles. The summed E-state index contributed by atoms with van der Waals surface area (Å²) in [5.41, 5.74) is 1.03. The van der Waals surface area contributed by atoms with E-state index in [9.17, 15) is 14.0 Å². The zero-order chi connectivity index (χ0) is 19.2. The molecule has 6 nitrogen and oxygen atoms in total. The van der Waals surface area contributed by atoms with Gasteiger partial charge in [-0.15, -0.1) is 10.2 Å². The molecule has 0 saturated carbocycles. The van der Waals surface area contributed by atoms with Crippen molar-refractivity contribution < 1.29 is 23.1 Å². The van der Waals surface area contributed by atoms with Crippen LogP contribution in [0.4, 0.5) is 4.39 Å². The van der Waals surface area contributed by atoms with Crippen molar-refractivity contribution in [1.29, 1.82) is 0 Å². The third-order valence-electron chi connectivity index (χ3n) is 3.64. The summed E-state index contributed by atoms with van der Waals surface area (Å²) in [6.07, 6.45) is -0.140. The maximum absolute atomic E-state index is 12.8. The first kappa shape index (κ1) is 18.7. The molecule has 3 rings (SSSR count). The number of nitrogens with zero attached hydrogens (tertiary/aromatic N) is 2. The number of carbonyl (C=O) groups is 2. The van der Waals surface area contributed by atoms with Crippen molar-refractivity contribution in [2.45, 2.75) is 19.4 Å². The third kappa shape index (κ3) is 5.21. The molecule has 0 unspecified atom stereocenters. The molecule has 138 valence electrons. The van der Waals surface area contributed by atoms with E-state index in [1.807, 2.05) is 0 Å². The Hall–Kier alpha value is -3.06. The number of hydrogen-bond donors (Lipinski definition) is 0. The van der Waals surface area contributed by atoms with E-state index in [-0.39, 0.29) is 37.0 Å². The first-order valence-electron chi connectivity index (χ1n) is 8.04. The van der Waals surface area contributed by atoms with Crippen molar-refractivity contribution >= 4 is 23.4 Å². The van der Waals surface area contributed by atoms with Gasteiger partial charge in [0.15, 0.2) is 12.4 Å². The fraction of sp³-hybridized carbons (Fsp3) is 0.158. The molecule has 8 heteroatoms. The number of hydrogen-bond acceptors (Lipinski definition) is 6. The van der Waals surface area contributed by atoms with Crippen LogP contribution in [-0.4, -0.2) is 21.9 Å². The largest absolute Gasteiger partial charge is 0.456 e. The predicted molar refractivity (Wildman–Crippen MR) is 94.5 cm³/mol. The van der Waals surface area contributed by atoms with E-state index >= 15 is 0 Å². The highest BCUT2D eigenvalue weighted by atomic mass is 35.5. The number of carbonyl (C=O) groups excluding carboxylic acids is 2. The molecule has 0 fully saturated rings. The molecule has 1 aromatic heterocycles. The molecular weight excluding hydrogens is 375 g/mol.